The van der Waals surface area contributed by atoms with Gasteiger partial charge in [0, 0.05) is 0 Å². The molecule has 0 aliphatic carbocycles. The fourth-order valence-corrected chi connectivity index (χ4v) is 3.22. The second-order valence-corrected chi connectivity index (χ2v) is 7.19. The quantitative estimate of drug-likeness (QED) is 0.700. The van der Waals surface area contributed by atoms with Crippen LogP contribution >= 0.6 is 0 Å². The summed E-state index contributed by atoms with van der Waals surface area (Å²) >= 11 is 0.0984. The summed E-state index contributed by atoms with van der Waals surface area (Å²) in [5.74, 6) is 0. The molecule has 0 amide bonds. The molecule has 0 atom stereocenters. The molecule has 0 aliphatic heterocycles. The van der Waals surface area contributed by atoms with E-state index in [-0.39, 0.29) is 20.9 Å². The van der Waals surface area contributed by atoms with Crippen LogP contribution in [0.25, 0.3) is 0 Å². The molecule has 0 spiro atoms. The van der Waals surface area contributed by atoms with E-state index in [1.165, 1.54) is 0 Å². The van der Waals surface area contributed by atoms with Crippen LogP contribution in [0.2, 0.25) is 3.97 Å². The zero-order valence-electron chi connectivity index (χ0n) is 6.37. The molecule has 54 valence electrons. The Bertz CT molecular complexity index is 179. The van der Waals surface area contributed by atoms with Gasteiger partial charge in [-0.15, -0.1) is 0 Å². The Labute approximate surface area is 72.7 Å². The predicted molar refractivity (Wildman–Crippen MR) is 46.9 cm³/mol. The molecule has 0 N–H and O–H groups in total. The third-order valence-electron chi connectivity index (χ3n) is 1.11. The van der Waals surface area contributed by atoms with Crippen molar-refractivity contribution in [2.24, 2.45) is 0 Å². The molecule has 0 saturated heterocycles. The second-order valence-electron chi connectivity index (χ2n) is 2.48. The summed E-state index contributed by atoms with van der Waals surface area (Å²) in [6.07, 6.45) is 0. The third-order valence-corrected chi connectivity index (χ3v) is 4.01. The monoisotopic (exact) mass is 250 g/mol. The SMILES string of the molecule is CC(C)[Te]c1ccccc1. The van der Waals surface area contributed by atoms with E-state index in [0.717, 1.165) is 3.97 Å². The van der Waals surface area contributed by atoms with Crippen LogP contribution in [-0.4, -0.2) is 20.9 Å². The molecule has 0 nitrogen and oxygen atoms in total. The molecule has 0 heterocycles. The molecular weight excluding hydrogens is 236 g/mol. The maximum atomic E-state index is 2.30. The maximum absolute atomic E-state index is 2.30. The first-order valence-corrected chi connectivity index (χ1v) is 6.02. The molecule has 0 fully saturated rings. The van der Waals surface area contributed by atoms with Gasteiger partial charge in [0.05, 0.1) is 0 Å². The van der Waals surface area contributed by atoms with E-state index in [1.807, 2.05) is 0 Å². The molecule has 0 bridgehead atoms. The van der Waals surface area contributed by atoms with Crippen LogP contribution in [-0.2, 0) is 0 Å². The van der Waals surface area contributed by atoms with Gasteiger partial charge in [-0.2, -0.15) is 0 Å². The summed E-state index contributed by atoms with van der Waals surface area (Å²) in [5.41, 5.74) is 0. The number of hydrogen-bond donors (Lipinski definition) is 0. The molecule has 1 rings (SSSR count). The van der Waals surface area contributed by atoms with Crippen LogP contribution in [0.15, 0.2) is 30.3 Å². The minimum atomic E-state index is 0.0984. The van der Waals surface area contributed by atoms with Crippen molar-refractivity contribution < 1.29 is 0 Å². The number of rotatable bonds is 2. The number of benzene rings is 1. The van der Waals surface area contributed by atoms with Crippen LogP contribution in [0, 0.1) is 0 Å². The van der Waals surface area contributed by atoms with Crippen LogP contribution in [0.1, 0.15) is 13.8 Å². The molecule has 0 saturated carbocycles. The first-order chi connectivity index (χ1) is 4.79. The molecule has 0 unspecified atom stereocenters. The Kier molecular flexibility index (Phi) is 3.25. The first kappa shape index (κ1) is 8.11. The summed E-state index contributed by atoms with van der Waals surface area (Å²) in [5, 5.41) is 0. The van der Waals surface area contributed by atoms with Crippen molar-refractivity contribution >= 4 is 24.5 Å². The minimum absolute atomic E-state index is 0.0984. The molecule has 0 radical (unpaired) electrons. The molecule has 0 aromatic heterocycles. The van der Waals surface area contributed by atoms with Crippen LogP contribution in [0.3, 0.4) is 0 Å². The van der Waals surface area contributed by atoms with Crippen LogP contribution in [0.5, 0.6) is 0 Å². The average molecular weight is 248 g/mol. The van der Waals surface area contributed by atoms with Gasteiger partial charge in [-0.1, -0.05) is 0 Å². The second kappa shape index (κ2) is 4.01. The zero-order chi connectivity index (χ0) is 7.40. The standard InChI is InChI=1S/C9H12Te/c1-8(2)10-9-6-4-3-5-7-9/h3-8H,1-2H3. The van der Waals surface area contributed by atoms with Crippen molar-refractivity contribution in [2.75, 3.05) is 0 Å². The fourth-order valence-electron chi connectivity index (χ4n) is 0.771. The van der Waals surface area contributed by atoms with E-state index in [1.54, 1.807) is 3.61 Å². The van der Waals surface area contributed by atoms with Crippen LogP contribution < -0.4 is 3.61 Å². The van der Waals surface area contributed by atoms with Gasteiger partial charge in [-0.3, -0.25) is 0 Å². The summed E-state index contributed by atoms with van der Waals surface area (Å²) < 4.78 is 2.47. The van der Waals surface area contributed by atoms with E-state index in [4.69, 9.17) is 0 Å². The molecule has 1 aromatic carbocycles. The molecule has 1 heteroatoms. The van der Waals surface area contributed by atoms with E-state index in [2.05, 4.69) is 44.2 Å². The van der Waals surface area contributed by atoms with Gasteiger partial charge in [0.25, 0.3) is 0 Å². The normalized spacial score (nSPS) is 10.3. The van der Waals surface area contributed by atoms with Gasteiger partial charge in [-0.25, -0.2) is 0 Å². The fraction of sp³-hybridized carbons (Fsp3) is 0.333. The van der Waals surface area contributed by atoms with E-state index in [0.29, 0.717) is 0 Å². The van der Waals surface area contributed by atoms with E-state index in [9.17, 15) is 0 Å². The van der Waals surface area contributed by atoms with Crippen molar-refractivity contribution in [1.29, 1.82) is 0 Å². The topological polar surface area (TPSA) is 0 Å². The predicted octanol–water partition coefficient (Wildman–Crippen LogP) is 1.84. The zero-order valence-corrected chi connectivity index (χ0v) is 8.70. The molecule has 0 aliphatic rings. The van der Waals surface area contributed by atoms with Crippen molar-refractivity contribution in [3.63, 3.8) is 0 Å². The Morgan fingerprint density at radius 1 is 1.10 bits per heavy atom. The Balaban J connectivity index is 2.59. The molecular formula is C9H12Te. The summed E-state index contributed by atoms with van der Waals surface area (Å²) in [7, 11) is 0. The third kappa shape index (κ3) is 2.73. The van der Waals surface area contributed by atoms with E-state index >= 15 is 0 Å². The Hall–Kier alpha value is 0.00961. The van der Waals surface area contributed by atoms with Crippen molar-refractivity contribution in [3.8, 4) is 0 Å². The molecule has 10 heavy (non-hydrogen) atoms. The van der Waals surface area contributed by atoms with E-state index < -0.39 is 0 Å². The first-order valence-electron chi connectivity index (χ1n) is 3.51. The van der Waals surface area contributed by atoms with Crippen molar-refractivity contribution in [2.45, 2.75) is 17.8 Å². The summed E-state index contributed by atoms with van der Waals surface area (Å²) in [4.78, 5) is 0. The average Bonchev–Trinajstić information content (AvgIpc) is 1.88. The van der Waals surface area contributed by atoms with Gasteiger partial charge < -0.3 is 0 Å². The number of hydrogen-bond acceptors (Lipinski definition) is 0. The molecule has 1 aromatic rings. The van der Waals surface area contributed by atoms with Crippen LogP contribution in [0.4, 0.5) is 0 Å². The van der Waals surface area contributed by atoms with Gasteiger partial charge in [0.15, 0.2) is 0 Å². The van der Waals surface area contributed by atoms with Gasteiger partial charge in [0.2, 0.25) is 0 Å². The van der Waals surface area contributed by atoms with Gasteiger partial charge >= 0.3 is 72.7 Å². The summed E-state index contributed by atoms with van der Waals surface area (Å²) in [6.45, 7) is 4.60. The Morgan fingerprint density at radius 3 is 2.20 bits per heavy atom. The van der Waals surface area contributed by atoms with Crippen molar-refractivity contribution in [1.82, 2.24) is 0 Å². The summed E-state index contributed by atoms with van der Waals surface area (Å²) in [6, 6.07) is 10.8. The van der Waals surface area contributed by atoms with Gasteiger partial charge in [-0.05, 0) is 0 Å². The van der Waals surface area contributed by atoms with Gasteiger partial charge in [0.1, 0.15) is 0 Å². The Morgan fingerprint density at radius 2 is 1.70 bits per heavy atom. The van der Waals surface area contributed by atoms with Crippen molar-refractivity contribution in [3.05, 3.63) is 30.3 Å².